The molecule has 0 radical (unpaired) electrons. The summed E-state index contributed by atoms with van der Waals surface area (Å²) in [5, 5.41) is 8.92. The molecule has 2 heterocycles. The molecule has 1 atom stereocenters. The van der Waals surface area contributed by atoms with Crippen molar-refractivity contribution in [3.05, 3.63) is 10.6 Å². The van der Waals surface area contributed by atoms with Gasteiger partial charge in [0.2, 0.25) is 0 Å². The molecule has 1 fully saturated rings. The number of likely N-dealkylation sites (tertiary alicyclic amines) is 1. The normalized spacial score (nSPS) is 25.6. The zero-order chi connectivity index (χ0) is 14.9. The standard InChI is InChI=1S/C14H21BrN2O3/c1-14(2)8-10(7-12(18)19)9-17(14)13(20)16-5-3-11(15)4-6-16/h3,10H,4-9H2,1-2H3,(H,18,19). The Morgan fingerprint density at radius 3 is 2.75 bits per heavy atom. The van der Waals surface area contributed by atoms with Gasteiger partial charge in [-0.15, -0.1) is 0 Å². The van der Waals surface area contributed by atoms with E-state index in [1.54, 1.807) is 0 Å². The Morgan fingerprint density at radius 1 is 1.50 bits per heavy atom. The maximum Gasteiger partial charge on any atom is 0.320 e. The second-order valence-corrected chi connectivity index (χ2v) is 7.24. The summed E-state index contributed by atoms with van der Waals surface area (Å²) in [5.41, 5.74) is -0.268. The van der Waals surface area contributed by atoms with E-state index < -0.39 is 5.97 Å². The van der Waals surface area contributed by atoms with Gasteiger partial charge in [0, 0.05) is 31.6 Å². The number of urea groups is 1. The molecule has 2 aliphatic rings. The highest BCUT2D eigenvalue weighted by Crippen LogP contribution is 2.35. The summed E-state index contributed by atoms with van der Waals surface area (Å²) in [4.78, 5) is 27.1. The maximum absolute atomic E-state index is 12.6. The van der Waals surface area contributed by atoms with Crippen LogP contribution in [0.25, 0.3) is 0 Å². The number of carboxylic acid groups (broad SMARTS) is 1. The van der Waals surface area contributed by atoms with Gasteiger partial charge in [0.25, 0.3) is 0 Å². The Kier molecular flexibility index (Phi) is 4.42. The Bertz CT molecular complexity index is 448. The van der Waals surface area contributed by atoms with Crippen molar-refractivity contribution in [3.63, 3.8) is 0 Å². The van der Waals surface area contributed by atoms with E-state index in [0.717, 1.165) is 17.3 Å². The average molecular weight is 345 g/mol. The number of carboxylic acids is 1. The minimum Gasteiger partial charge on any atom is -0.481 e. The highest BCUT2D eigenvalue weighted by atomic mass is 79.9. The number of carbonyl (C=O) groups is 2. The lowest BCUT2D eigenvalue weighted by molar-refractivity contribution is -0.138. The van der Waals surface area contributed by atoms with Gasteiger partial charge < -0.3 is 14.9 Å². The third-order valence-electron chi connectivity index (χ3n) is 4.08. The largest absolute Gasteiger partial charge is 0.481 e. The molecule has 0 spiro atoms. The molecule has 2 rings (SSSR count). The van der Waals surface area contributed by atoms with Crippen LogP contribution in [-0.4, -0.2) is 52.1 Å². The van der Waals surface area contributed by atoms with Crippen LogP contribution in [0, 0.1) is 5.92 Å². The third-order valence-corrected chi connectivity index (χ3v) is 4.80. The van der Waals surface area contributed by atoms with E-state index in [4.69, 9.17) is 5.11 Å². The highest BCUT2D eigenvalue weighted by molar-refractivity contribution is 9.11. The molecule has 20 heavy (non-hydrogen) atoms. The van der Waals surface area contributed by atoms with Crippen LogP contribution in [-0.2, 0) is 4.79 Å². The summed E-state index contributed by atoms with van der Waals surface area (Å²) in [7, 11) is 0. The molecule has 0 aromatic carbocycles. The van der Waals surface area contributed by atoms with Crippen molar-refractivity contribution < 1.29 is 14.7 Å². The third kappa shape index (κ3) is 3.34. The Labute approximate surface area is 127 Å². The summed E-state index contributed by atoms with van der Waals surface area (Å²) in [5.74, 6) is -0.733. The van der Waals surface area contributed by atoms with Crippen LogP contribution in [0.15, 0.2) is 10.6 Å². The van der Waals surface area contributed by atoms with Crippen LogP contribution in [0.1, 0.15) is 33.1 Å². The zero-order valence-electron chi connectivity index (χ0n) is 11.9. The lowest BCUT2D eigenvalue weighted by Gasteiger charge is -2.37. The van der Waals surface area contributed by atoms with E-state index in [9.17, 15) is 9.59 Å². The van der Waals surface area contributed by atoms with Gasteiger partial charge in [0.05, 0.1) is 0 Å². The summed E-state index contributed by atoms with van der Waals surface area (Å²) in [6.07, 6.45) is 3.74. The van der Waals surface area contributed by atoms with Crippen LogP contribution < -0.4 is 0 Å². The predicted octanol–water partition coefficient (Wildman–Crippen LogP) is 2.67. The van der Waals surface area contributed by atoms with Crippen molar-refractivity contribution in [1.29, 1.82) is 0 Å². The number of carbonyl (C=O) groups excluding carboxylic acids is 1. The van der Waals surface area contributed by atoms with Gasteiger partial charge >= 0.3 is 12.0 Å². The Balaban J connectivity index is 2.04. The molecule has 0 saturated carbocycles. The van der Waals surface area contributed by atoms with Crippen LogP contribution in [0.5, 0.6) is 0 Å². The fraction of sp³-hybridized carbons (Fsp3) is 0.714. The van der Waals surface area contributed by atoms with Gasteiger partial charge in [0.15, 0.2) is 0 Å². The predicted molar refractivity (Wildman–Crippen MR) is 79.7 cm³/mol. The minimum absolute atomic E-state index is 0.0270. The van der Waals surface area contributed by atoms with E-state index in [2.05, 4.69) is 15.9 Å². The van der Waals surface area contributed by atoms with Crippen LogP contribution in [0.4, 0.5) is 4.79 Å². The SMILES string of the molecule is CC1(C)CC(CC(=O)O)CN1C(=O)N1CC=C(Br)CC1. The van der Waals surface area contributed by atoms with Crippen molar-refractivity contribution in [2.75, 3.05) is 19.6 Å². The Hall–Kier alpha value is -1.04. The molecular weight excluding hydrogens is 324 g/mol. The van der Waals surface area contributed by atoms with E-state index >= 15 is 0 Å². The second-order valence-electron chi connectivity index (χ2n) is 6.22. The summed E-state index contributed by atoms with van der Waals surface area (Å²) in [6.45, 7) is 5.91. The summed E-state index contributed by atoms with van der Waals surface area (Å²) < 4.78 is 1.14. The molecule has 1 unspecified atom stereocenters. The molecule has 0 aromatic rings. The quantitative estimate of drug-likeness (QED) is 0.837. The van der Waals surface area contributed by atoms with Crippen molar-refractivity contribution in [1.82, 2.24) is 9.80 Å². The average Bonchev–Trinajstić information content (AvgIpc) is 2.63. The van der Waals surface area contributed by atoms with Crippen LogP contribution >= 0.6 is 15.9 Å². The Morgan fingerprint density at radius 2 is 2.20 bits per heavy atom. The first kappa shape index (κ1) is 15.4. The van der Waals surface area contributed by atoms with Crippen molar-refractivity contribution in [2.45, 2.75) is 38.6 Å². The first-order valence-corrected chi connectivity index (χ1v) is 7.72. The van der Waals surface area contributed by atoms with E-state index in [-0.39, 0.29) is 23.9 Å². The fourth-order valence-corrected chi connectivity index (χ4v) is 3.42. The first-order valence-electron chi connectivity index (χ1n) is 6.92. The number of aliphatic carboxylic acids is 1. The maximum atomic E-state index is 12.6. The number of hydrogen-bond acceptors (Lipinski definition) is 2. The first-order chi connectivity index (χ1) is 9.29. The van der Waals surface area contributed by atoms with Crippen molar-refractivity contribution in [2.24, 2.45) is 5.92 Å². The zero-order valence-corrected chi connectivity index (χ0v) is 13.5. The van der Waals surface area contributed by atoms with Gasteiger partial charge in [-0.3, -0.25) is 4.79 Å². The summed E-state index contributed by atoms with van der Waals surface area (Å²) >= 11 is 3.45. The number of rotatable bonds is 2. The molecule has 112 valence electrons. The van der Waals surface area contributed by atoms with Gasteiger partial charge in [-0.05, 0) is 37.1 Å². The summed E-state index contributed by atoms with van der Waals surface area (Å²) in [6, 6.07) is 0.0270. The van der Waals surface area contributed by atoms with Gasteiger partial charge in [0.1, 0.15) is 0 Å². The van der Waals surface area contributed by atoms with Gasteiger partial charge in [-0.1, -0.05) is 22.0 Å². The van der Waals surface area contributed by atoms with E-state index in [1.165, 1.54) is 0 Å². The smallest absolute Gasteiger partial charge is 0.320 e. The van der Waals surface area contributed by atoms with Crippen LogP contribution in [0.3, 0.4) is 0 Å². The molecule has 5 nitrogen and oxygen atoms in total. The number of hydrogen-bond donors (Lipinski definition) is 1. The molecular formula is C14H21BrN2O3. The molecule has 1 N–H and O–H groups in total. The lowest BCUT2D eigenvalue weighted by Crippen LogP contribution is -2.50. The minimum atomic E-state index is -0.787. The van der Waals surface area contributed by atoms with Crippen molar-refractivity contribution >= 4 is 27.9 Å². The van der Waals surface area contributed by atoms with Gasteiger partial charge in [-0.25, -0.2) is 4.79 Å². The second kappa shape index (κ2) is 5.76. The van der Waals surface area contributed by atoms with Gasteiger partial charge in [-0.2, -0.15) is 0 Å². The lowest BCUT2D eigenvalue weighted by atomic mass is 9.94. The molecule has 1 saturated heterocycles. The molecule has 6 heteroatoms. The van der Waals surface area contributed by atoms with Crippen LogP contribution in [0.2, 0.25) is 0 Å². The van der Waals surface area contributed by atoms with E-state index in [0.29, 0.717) is 19.6 Å². The number of nitrogens with zero attached hydrogens (tertiary/aromatic N) is 2. The molecule has 2 aliphatic heterocycles. The molecule has 0 bridgehead atoms. The number of halogens is 1. The van der Waals surface area contributed by atoms with Crippen molar-refractivity contribution in [3.8, 4) is 0 Å². The molecule has 0 aromatic heterocycles. The monoisotopic (exact) mass is 344 g/mol. The highest BCUT2D eigenvalue weighted by Gasteiger charge is 2.43. The number of amides is 2. The fourth-order valence-electron chi connectivity index (χ4n) is 3.10. The molecule has 0 aliphatic carbocycles. The topological polar surface area (TPSA) is 60.9 Å². The molecule has 2 amide bonds. The van der Waals surface area contributed by atoms with E-state index in [1.807, 2.05) is 29.7 Å².